The third kappa shape index (κ3) is 4.89. The number of rotatable bonds is 2. The van der Waals surface area contributed by atoms with Crippen LogP contribution in [0.2, 0.25) is 0 Å². The van der Waals surface area contributed by atoms with Crippen molar-refractivity contribution in [2.75, 3.05) is 31.1 Å². The average molecular weight is 420 g/mol. The minimum atomic E-state index is -0.505. The first-order valence-electron chi connectivity index (χ1n) is 10.7. The highest BCUT2D eigenvalue weighted by molar-refractivity contribution is 5.78. The molecule has 8 heteroatoms. The number of fused-ring (bicyclic) bond motifs is 1. The fourth-order valence-corrected chi connectivity index (χ4v) is 4.09. The Labute approximate surface area is 180 Å². The van der Waals surface area contributed by atoms with Crippen LogP contribution in [0, 0.1) is 17.1 Å². The molecule has 0 spiro atoms. The Kier molecular flexibility index (Phi) is 6.53. The van der Waals surface area contributed by atoms with Crippen LogP contribution in [0.1, 0.15) is 43.0 Å². The minimum Gasteiger partial charge on any atom is -0.354 e. The van der Waals surface area contributed by atoms with E-state index >= 15 is 0 Å². The number of anilines is 1. The van der Waals surface area contributed by atoms with E-state index in [2.05, 4.69) is 31.2 Å². The van der Waals surface area contributed by atoms with Crippen molar-refractivity contribution in [3.63, 3.8) is 0 Å². The van der Waals surface area contributed by atoms with Gasteiger partial charge in [0.2, 0.25) is 0 Å². The zero-order valence-corrected chi connectivity index (χ0v) is 17.3. The minimum absolute atomic E-state index is 0.0641. The van der Waals surface area contributed by atoms with Gasteiger partial charge in [-0.2, -0.15) is 5.26 Å². The number of hydrogen-bond acceptors (Lipinski definition) is 6. The Morgan fingerprint density at radius 1 is 1.13 bits per heavy atom. The number of piperazine rings is 1. The molecule has 0 bridgehead atoms. The summed E-state index contributed by atoms with van der Waals surface area (Å²) in [7, 11) is 0. The highest BCUT2D eigenvalue weighted by atomic mass is 19.1. The quantitative estimate of drug-likeness (QED) is 0.661. The summed E-state index contributed by atoms with van der Waals surface area (Å²) in [6.45, 7) is 3.97. The molecule has 2 aliphatic rings. The Morgan fingerprint density at radius 2 is 1.90 bits per heavy atom. The van der Waals surface area contributed by atoms with E-state index in [0.29, 0.717) is 22.8 Å². The molecular formula is C23H25FN6O. The van der Waals surface area contributed by atoms with E-state index < -0.39 is 5.82 Å². The molecule has 7 nitrogen and oxygen atoms in total. The second-order valence-corrected chi connectivity index (χ2v) is 7.82. The van der Waals surface area contributed by atoms with E-state index in [4.69, 9.17) is 5.26 Å². The van der Waals surface area contributed by atoms with Gasteiger partial charge in [-0.25, -0.2) is 14.4 Å². The molecule has 3 aromatic rings. The monoisotopic (exact) mass is 420 g/mol. The molecule has 160 valence electrons. The highest BCUT2D eigenvalue weighted by Gasteiger charge is 2.20. The summed E-state index contributed by atoms with van der Waals surface area (Å²) in [5.41, 5.74) is 0.703. The SMILES string of the molecule is N#Cc1ccc(N2CCNCC2)nc1.O=c1[nH]c(C2CCCC2)nc2cccc(F)c12. The van der Waals surface area contributed by atoms with Gasteiger partial charge in [0.25, 0.3) is 5.56 Å². The summed E-state index contributed by atoms with van der Waals surface area (Å²) in [4.78, 5) is 25.4. The lowest BCUT2D eigenvalue weighted by Crippen LogP contribution is -2.43. The molecule has 0 unspecified atom stereocenters. The molecule has 31 heavy (non-hydrogen) atoms. The van der Waals surface area contributed by atoms with Crippen LogP contribution in [0.25, 0.3) is 10.9 Å². The normalized spacial score (nSPS) is 16.6. The maximum absolute atomic E-state index is 13.5. The molecule has 5 rings (SSSR count). The molecule has 1 aromatic carbocycles. The third-order valence-electron chi connectivity index (χ3n) is 5.76. The number of nitrogens with one attached hydrogen (secondary N) is 2. The van der Waals surface area contributed by atoms with Crippen molar-refractivity contribution < 1.29 is 4.39 Å². The maximum atomic E-state index is 13.5. The van der Waals surface area contributed by atoms with Crippen molar-refractivity contribution in [3.8, 4) is 6.07 Å². The standard InChI is InChI=1S/C13H13FN2O.C10H12N4/c14-9-6-3-7-10-11(9)13(17)16-12(15-10)8-4-1-2-5-8;11-7-9-1-2-10(13-8-9)14-5-3-12-4-6-14/h3,6-8H,1-2,4-5H2,(H,15,16,17);1-2,8,12H,3-6H2. The number of hydrogen-bond donors (Lipinski definition) is 2. The van der Waals surface area contributed by atoms with Crippen LogP contribution in [-0.2, 0) is 0 Å². The molecule has 0 radical (unpaired) electrons. The summed E-state index contributed by atoms with van der Waals surface area (Å²) in [5.74, 6) is 1.50. The summed E-state index contributed by atoms with van der Waals surface area (Å²) in [6, 6.07) is 10.3. The first kappa shape index (κ1) is 20.9. The van der Waals surface area contributed by atoms with E-state index in [0.717, 1.165) is 44.8 Å². The van der Waals surface area contributed by atoms with E-state index in [1.165, 1.54) is 18.9 Å². The van der Waals surface area contributed by atoms with Crippen molar-refractivity contribution in [1.29, 1.82) is 5.26 Å². The predicted octanol–water partition coefficient (Wildman–Crippen LogP) is 3.08. The second-order valence-electron chi connectivity index (χ2n) is 7.82. The lowest BCUT2D eigenvalue weighted by Gasteiger charge is -2.28. The molecule has 1 saturated heterocycles. The molecule has 2 fully saturated rings. The van der Waals surface area contributed by atoms with Gasteiger partial charge in [-0.3, -0.25) is 4.79 Å². The summed E-state index contributed by atoms with van der Waals surface area (Å²) in [5, 5.41) is 12.0. The van der Waals surface area contributed by atoms with Crippen molar-refractivity contribution in [3.05, 3.63) is 64.1 Å². The van der Waals surface area contributed by atoms with Crippen LogP contribution in [0.4, 0.5) is 10.2 Å². The molecule has 0 atom stereocenters. The Balaban J connectivity index is 0.000000152. The lowest BCUT2D eigenvalue weighted by atomic mass is 10.1. The van der Waals surface area contributed by atoms with Crippen LogP contribution in [0.3, 0.4) is 0 Å². The van der Waals surface area contributed by atoms with Crippen LogP contribution in [0.5, 0.6) is 0 Å². The Bertz CT molecular complexity index is 1130. The van der Waals surface area contributed by atoms with Crippen molar-refractivity contribution in [2.45, 2.75) is 31.6 Å². The number of nitrogens with zero attached hydrogens (tertiary/aromatic N) is 4. The number of aromatic amines is 1. The van der Waals surface area contributed by atoms with Crippen LogP contribution < -0.4 is 15.8 Å². The Morgan fingerprint density at radius 3 is 2.58 bits per heavy atom. The van der Waals surface area contributed by atoms with Gasteiger partial charge in [0.1, 0.15) is 28.9 Å². The molecular weight excluding hydrogens is 395 g/mol. The van der Waals surface area contributed by atoms with Crippen molar-refractivity contribution in [2.24, 2.45) is 0 Å². The van der Waals surface area contributed by atoms with E-state index in [1.54, 1.807) is 18.3 Å². The largest absolute Gasteiger partial charge is 0.354 e. The lowest BCUT2D eigenvalue weighted by molar-refractivity contribution is 0.585. The first-order valence-corrected chi connectivity index (χ1v) is 10.7. The Hall–Kier alpha value is -3.31. The van der Waals surface area contributed by atoms with E-state index in [-0.39, 0.29) is 10.9 Å². The van der Waals surface area contributed by atoms with Gasteiger partial charge >= 0.3 is 0 Å². The van der Waals surface area contributed by atoms with Gasteiger partial charge in [0.15, 0.2) is 0 Å². The first-order chi connectivity index (χ1) is 15.2. The van der Waals surface area contributed by atoms with Gasteiger partial charge in [-0.15, -0.1) is 0 Å². The molecule has 1 aliphatic heterocycles. The topological polar surface area (TPSA) is 97.7 Å². The fraction of sp³-hybridized carbons (Fsp3) is 0.391. The molecule has 0 amide bonds. The maximum Gasteiger partial charge on any atom is 0.261 e. The van der Waals surface area contributed by atoms with Crippen LogP contribution in [-0.4, -0.2) is 41.1 Å². The number of nitriles is 1. The summed E-state index contributed by atoms with van der Waals surface area (Å²) < 4.78 is 13.5. The van der Waals surface area contributed by atoms with Crippen LogP contribution >= 0.6 is 0 Å². The zero-order chi connectivity index (χ0) is 21.6. The number of pyridine rings is 1. The zero-order valence-electron chi connectivity index (χ0n) is 17.3. The number of halogens is 1. The molecule has 3 heterocycles. The fourth-order valence-electron chi connectivity index (χ4n) is 4.09. The number of benzene rings is 1. The molecule has 2 aromatic heterocycles. The van der Waals surface area contributed by atoms with Crippen LogP contribution in [0.15, 0.2) is 41.3 Å². The van der Waals surface area contributed by atoms with E-state index in [1.807, 2.05) is 12.1 Å². The van der Waals surface area contributed by atoms with Gasteiger partial charge in [-0.1, -0.05) is 18.9 Å². The molecule has 1 saturated carbocycles. The highest BCUT2D eigenvalue weighted by Crippen LogP contribution is 2.32. The molecule has 2 N–H and O–H groups in total. The number of aromatic nitrogens is 3. The average Bonchev–Trinajstić information content (AvgIpc) is 3.35. The van der Waals surface area contributed by atoms with Gasteiger partial charge < -0.3 is 15.2 Å². The number of H-pyrrole nitrogens is 1. The predicted molar refractivity (Wildman–Crippen MR) is 118 cm³/mol. The second kappa shape index (κ2) is 9.67. The smallest absolute Gasteiger partial charge is 0.261 e. The van der Waals surface area contributed by atoms with Gasteiger partial charge in [-0.05, 0) is 37.1 Å². The summed E-state index contributed by atoms with van der Waals surface area (Å²) >= 11 is 0. The molecule has 1 aliphatic carbocycles. The van der Waals surface area contributed by atoms with Crippen molar-refractivity contribution >= 4 is 16.7 Å². The van der Waals surface area contributed by atoms with Gasteiger partial charge in [0.05, 0.1) is 11.1 Å². The summed E-state index contributed by atoms with van der Waals surface area (Å²) in [6.07, 6.45) is 6.09. The van der Waals surface area contributed by atoms with Gasteiger partial charge in [0, 0.05) is 38.3 Å². The third-order valence-corrected chi connectivity index (χ3v) is 5.76. The van der Waals surface area contributed by atoms with E-state index in [9.17, 15) is 9.18 Å². The van der Waals surface area contributed by atoms with Crippen molar-refractivity contribution in [1.82, 2.24) is 20.3 Å².